The van der Waals surface area contributed by atoms with Crippen LogP contribution in [0.3, 0.4) is 0 Å². The van der Waals surface area contributed by atoms with E-state index in [4.69, 9.17) is 0 Å². The number of hydrogen-bond acceptors (Lipinski definition) is 2. The lowest BCUT2D eigenvalue weighted by Gasteiger charge is -2.13. The van der Waals surface area contributed by atoms with Gasteiger partial charge in [-0.1, -0.05) is 25.1 Å². The second-order valence-corrected chi connectivity index (χ2v) is 5.04. The molecule has 106 valence electrons. The lowest BCUT2D eigenvalue weighted by molar-refractivity contribution is 0.629. The van der Waals surface area contributed by atoms with Gasteiger partial charge in [0.25, 0.3) is 0 Å². The summed E-state index contributed by atoms with van der Waals surface area (Å²) in [5.74, 6) is -0.178. The number of nitrogens with zero attached hydrogens (tertiary/aromatic N) is 1. The van der Waals surface area contributed by atoms with E-state index in [2.05, 4.69) is 12.2 Å². The third-order valence-corrected chi connectivity index (χ3v) is 3.30. The summed E-state index contributed by atoms with van der Waals surface area (Å²) in [5.41, 5.74) is 3.77. The van der Waals surface area contributed by atoms with Gasteiger partial charge in [-0.05, 0) is 41.9 Å². The molecule has 0 atom stereocenters. The van der Waals surface area contributed by atoms with Crippen molar-refractivity contribution in [1.29, 1.82) is 0 Å². The number of rotatable bonds is 5. The smallest absolute Gasteiger partial charge is 0.131 e. The molecule has 0 aliphatic carbocycles. The van der Waals surface area contributed by atoms with Crippen LogP contribution in [0.15, 0.2) is 42.5 Å². The number of nitrogens with one attached hydrogen (secondary N) is 1. The summed E-state index contributed by atoms with van der Waals surface area (Å²) in [7, 11) is 3.99. The molecular weight excluding hydrogens is 251 g/mol. The Morgan fingerprint density at radius 2 is 1.75 bits per heavy atom. The van der Waals surface area contributed by atoms with Crippen molar-refractivity contribution < 1.29 is 4.39 Å². The van der Waals surface area contributed by atoms with E-state index in [1.165, 1.54) is 0 Å². The Hall–Kier alpha value is -1.87. The van der Waals surface area contributed by atoms with Gasteiger partial charge < -0.3 is 10.2 Å². The summed E-state index contributed by atoms with van der Waals surface area (Å²) < 4.78 is 14.0. The van der Waals surface area contributed by atoms with Crippen molar-refractivity contribution in [2.24, 2.45) is 0 Å². The largest absolute Gasteiger partial charge is 0.378 e. The highest BCUT2D eigenvalue weighted by Gasteiger charge is 2.07. The first-order valence-electron chi connectivity index (χ1n) is 6.88. The van der Waals surface area contributed by atoms with Crippen molar-refractivity contribution >= 4 is 5.69 Å². The molecule has 0 heterocycles. The molecule has 2 nitrogen and oxygen atoms in total. The molecule has 0 aliphatic rings. The van der Waals surface area contributed by atoms with Crippen LogP contribution in [0.2, 0.25) is 0 Å². The first kappa shape index (κ1) is 14.5. The summed E-state index contributed by atoms with van der Waals surface area (Å²) >= 11 is 0. The van der Waals surface area contributed by atoms with Gasteiger partial charge in [-0.2, -0.15) is 0 Å². The van der Waals surface area contributed by atoms with Crippen LogP contribution in [0, 0.1) is 5.82 Å². The van der Waals surface area contributed by atoms with Gasteiger partial charge in [-0.3, -0.25) is 0 Å². The van der Waals surface area contributed by atoms with Crippen molar-refractivity contribution in [3.05, 3.63) is 53.8 Å². The molecule has 3 heteroatoms. The Kier molecular flexibility index (Phi) is 4.74. The lowest BCUT2D eigenvalue weighted by atomic mass is 10.0. The predicted octanol–water partition coefficient (Wildman–Crippen LogP) is 3.67. The Labute approximate surface area is 120 Å². The first-order chi connectivity index (χ1) is 9.61. The van der Waals surface area contributed by atoms with Crippen LogP contribution in [0.1, 0.15) is 12.5 Å². The van der Waals surface area contributed by atoms with Crippen LogP contribution in [0.25, 0.3) is 11.1 Å². The van der Waals surface area contributed by atoms with Crippen LogP contribution in [0.5, 0.6) is 0 Å². The molecule has 2 rings (SSSR count). The fourth-order valence-corrected chi connectivity index (χ4v) is 2.11. The molecule has 0 amide bonds. The van der Waals surface area contributed by atoms with Crippen LogP contribution < -0.4 is 10.2 Å². The summed E-state index contributed by atoms with van der Waals surface area (Å²) in [6.45, 7) is 3.73. The van der Waals surface area contributed by atoms with E-state index in [-0.39, 0.29) is 5.82 Å². The summed E-state index contributed by atoms with van der Waals surface area (Å²) in [5, 5.41) is 3.26. The van der Waals surface area contributed by atoms with Gasteiger partial charge in [0, 0.05) is 31.9 Å². The second kappa shape index (κ2) is 6.53. The number of anilines is 1. The molecule has 0 saturated carbocycles. The molecule has 0 bridgehead atoms. The average molecular weight is 272 g/mol. The van der Waals surface area contributed by atoms with Gasteiger partial charge in [0.1, 0.15) is 5.82 Å². The maximum atomic E-state index is 14.0. The minimum atomic E-state index is -0.178. The molecule has 0 radical (unpaired) electrons. The Bertz CT molecular complexity index is 562. The second-order valence-electron chi connectivity index (χ2n) is 5.04. The monoisotopic (exact) mass is 272 g/mol. The lowest BCUT2D eigenvalue weighted by Crippen LogP contribution is -2.11. The zero-order chi connectivity index (χ0) is 14.5. The van der Waals surface area contributed by atoms with E-state index >= 15 is 0 Å². The normalized spacial score (nSPS) is 10.6. The van der Waals surface area contributed by atoms with Crippen molar-refractivity contribution in [3.8, 4) is 11.1 Å². The minimum Gasteiger partial charge on any atom is -0.378 e. The van der Waals surface area contributed by atoms with Gasteiger partial charge >= 0.3 is 0 Å². The molecule has 20 heavy (non-hydrogen) atoms. The van der Waals surface area contributed by atoms with E-state index in [1.807, 2.05) is 55.4 Å². The maximum absolute atomic E-state index is 14.0. The zero-order valence-electron chi connectivity index (χ0n) is 12.3. The molecule has 2 aromatic carbocycles. The third kappa shape index (κ3) is 3.36. The van der Waals surface area contributed by atoms with Gasteiger partial charge in [-0.15, -0.1) is 0 Å². The molecule has 0 spiro atoms. The van der Waals surface area contributed by atoms with E-state index in [0.717, 1.165) is 29.9 Å². The molecule has 0 aliphatic heterocycles. The highest BCUT2D eigenvalue weighted by molar-refractivity contribution is 5.67. The maximum Gasteiger partial charge on any atom is 0.131 e. The van der Waals surface area contributed by atoms with Crippen LogP contribution >= 0.6 is 0 Å². The van der Waals surface area contributed by atoms with E-state index < -0.39 is 0 Å². The average Bonchev–Trinajstić information content (AvgIpc) is 2.46. The quantitative estimate of drug-likeness (QED) is 0.893. The highest BCUT2D eigenvalue weighted by Crippen LogP contribution is 2.26. The van der Waals surface area contributed by atoms with Crippen molar-refractivity contribution in [2.75, 3.05) is 25.5 Å². The topological polar surface area (TPSA) is 15.3 Å². The van der Waals surface area contributed by atoms with Gasteiger partial charge in [0.05, 0.1) is 0 Å². The number of benzene rings is 2. The fraction of sp³-hybridized carbons (Fsp3) is 0.294. The molecule has 0 aromatic heterocycles. The predicted molar refractivity (Wildman–Crippen MR) is 83.5 cm³/mol. The third-order valence-electron chi connectivity index (χ3n) is 3.30. The van der Waals surface area contributed by atoms with Crippen molar-refractivity contribution in [2.45, 2.75) is 13.5 Å². The fourth-order valence-electron chi connectivity index (χ4n) is 2.11. The van der Waals surface area contributed by atoms with E-state index in [9.17, 15) is 4.39 Å². The number of hydrogen-bond donors (Lipinski definition) is 1. The van der Waals surface area contributed by atoms with Gasteiger partial charge in [0.2, 0.25) is 0 Å². The summed E-state index contributed by atoms with van der Waals surface area (Å²) in [6, 6.07) is 13.2. The molecular formula is C17H21FN2. The minimum absolute atomic E-state index is 0.178. The Morgan fingerprint density at radius 1 is 1.05 bits per heavy atom. The summed E-state index contributed by atoms with van der Waals surface area (Å²) in [4.78, 5) is 2.03. The van der Waals surface area contributed by atoms with E-state index in [1.54, 1.807) is 6.07 Å². The van der Waals surface area contributed by atoms with Crippen molar-refractivity contribution in [1.82, 2.24) is 5.32 Å². The standard InChI is InChI=1S/C17H21FN2/c1-4-19-12-13-5-10-17(18)16(11-13)14-6-8-15(9-7-14)20(2)3/h5-11,19H,4,12H2,1-3H3. The molecule has 0 saturated heterocycles. The Balaban J connectivity index is 2.30. The van der Waals surface area contributed by atoms with E-state index in [0.29, 0.717) is 5.56 Å². The molecule has 2 aromatic rings. The number of halogens is 1. The zero-order valence-corrected chi connectivity index (χ0v) is 12.3. The van der Waals surface area contributed by atoms with Crippen LogP contribution in [0.4, 0.5) is 10.1 Å². The van der Waals surface area contributed by atoms with Gasteiger partial charge in [-0.25, -0.2) is 4.39 Å². The Morgan fingerprint density at radius 3 is 2.35 bits per heavy atom. The molecule has 0 fully saturated rings. The van der Waals surface area contributed by atoms with Gasteiger partial charge in [0.15, 0.2) is 0 Å². The highest BCUT2D eigenvalue weighted by atomic mass is 19.1. The van der Waals surface area contributed by atoms with Crippen LogP contribution in [-0.2, 0) is 6.54 Å². The molecule has 1 N–H and O–H groups in total. The SMILES string of the molecule is CCNCc1ccc(F)c(-c2ccc(N(C)C)cc2)c1. The molecule has 0 unspecified atom stereocenters. The first-order valence-corrected chi connectivity index (χ1v) is 6.88. The van der Waals surface area contributed by atoms with Crippen molar-refractivity contribution in [3.63, 3.8) is 0 Å². The summed E-state index contributed by atoms with van der Waals surface area (Å²) in [6.07, 6.45) is 0. The van der Waals surface area contributed by atoms with Crippen LogP contribution in [-0.4, -0.2) is 20.6 Å².